The van der Waals surface area contributed by atoms with Crippen LogP contribution in [0, 0.1) is 13.8 Å². The van der Waals surface area contributed by atoms with Crippen molar-refractivity contribution in [2.24, 2.45) is 0 Å². The summed E-state index contributed by atoms with van der Waals surface area (Å²) in [4.78, 5) is 18.8. The van der Waals surface area contributed by atoms with Gasteiger partial charge in [0.2, 0.25) is 0 Å². The molecule has 0 atom stereocenters. The number of carbonyl (C=O) groups excluding carboxylic acids is 1. The number of rotatable bonds is 1. The van der Waals surface area contributed by atoms with Gasteiger partial charge in [-0.15, -0.1) is 0 Å². The molecule has 5 heteroatoms. The molecule has 2 aromatic rings. The first kappa shape index (κ1) is 7.85. The molecule has 0 aromatic carbocycles. The molecule has 0 radical (unpaired) electrons. The fourth-order valence-corrected chi connectivity index (χ4v) is 1.30. The molecule has 0 unspecified atom stereocenters. The summed E-state index contributed by atoms with van der Waals surface area (Å²) in [7, 11) is 0. The van der Waals surface area contributed by atoms with Gasteiger partial charge in [0.05, 0.1) is 17.0 Å². The monoisotopic (exact) mass is 176 g/mol. The van der Waals surface area contributed by atoms with Gasteiger partial charge in [-0.2, -0.15) is 10.1 Å². The first-order valence-electron chi connectivity index (χ1n) is 3.86. The smallest absolute Gasteiger partial charge is 0.252 e. The third kappa shape index (κ3) is 1.00. The minimum Gasteiger partial charge on any atom is -0.298 e. The van der Waals surface area contributed by atoms with E-state index in [1.165, 1.54) is 6.33 Å². The Morgan fingerprint density at radius 2 is 2.23 bits per heavy atom. The average molecular weight is 176 g/mol. The summed E-state index contributed by atoms with van der Waals surface area (Å²) in [5.41, 5.74) is 2.04. The zero-order valence-electron chi connectivity index (χ0n) is 7.35. The van der Waals surface area contributed by atoms with E-state index in [2.05, 4.69) is 15.1 Å². The van der Waals surface area contributed by atoms with E-state index < -0.39 is 0 Å². The van der Waals surface area contributed by atoms with Gasteiger partial charge in [0, 0.05) is 0 Å². The van der Waals surface area contributed by atoms with Crippen LogP contribution < -0.4 is 0 Å². The summed E-state index contributed by atoms with van der Waals surface area (Å²) in [6, 6.07) is 0. The molecule has 0 aliphatic carbocycles. The normalized spacial score (nSPS) is 10.6. The van der Waals surface area contributed by atoms with Crippen molar-refractivity contribution in [3.63, 3.8) is 0 Å². The summed E-state index contributed by atoms with van der Waals surface area (Å²) in [6.45, 7) is 3.60. The molecule has 0 amide bonds. The first-order valence-corrected chi connectivity index (χ1v) is 3.86. The number of hydrogen-bond donors (Lipinski definition) is 0. The zero-order valence-corrected chi connectivity index (χ0v) is 7.35. The highest BCUT2D eigenvalue weighted by Gasteiger charge is 2.08. The van der Waals surface area contributed by atoms with Gasteiger partial charge >= 0.3 is 0 Å². The molecule has 0 saturated heterocycles. The lowest BCUT2D eigenvalue weighted by Crippen LogP contribution is -2.04. The fraction of sp³-hybridized carbons (Fsp3) is 0.250. The molecule has 0 bridgehead atoms. The number of hydrogen-bond acceptors (Lipinski definition) is 4. The topological polar surface area (TPSA) is 60.1 Å². The quantitative estimate of drug-likeness (QED) is 0.595. The van der Waals surface area contributed by atoms with Gasteiger partial charge < -0.3 is 0 Å². The summed E-state index contributed by atoms with van der Waals surface area (Å²) in [6.07, 6.45) is 2.21. The second-order valence-corrected chi connectivity index (χ2v) is 2.79. The van der Waals surface area contributed by atoms with E-state index in [1.54, 1.807) is 11.4 Å². The van der Waals surface area contributed by atoms with Crippen LogP contribution in [0.1, 0.15) is 21.7 Å². The molecule has 0 aliphatic rings. The summed E-state index contributed by atoms with van der Waals surface area (Å²) in [5.74, 6) is 0.528. The lowest BCUT2D eigenvalue weighted by Gasteiger charge is -2.03. The molecule has 2 heterocycles. The molecular formula is C8H8N4O. The number of aldehydes is 1. The van der Waals surface area contributed by atoms with E-state index in [9.17, 15) is 4.79 Å². The van der Waals surface area contributed by atoms with Gasteiger partial charge in [-0.3, -0.25) is 4.79 Å². The lowest BCUT2D eigenvalue weighted by molar-refractivity contribution is 0.112. The van der Waals surface area contributed by atoms with Crippen LogP contribution in [0.3, 0.4) is 0 Å². The molecular weight excluding hydrogens is 168 g/mol. The Labute approximate surface area is 74.4 Å². The maximum absolute atomic E-state index is 10.7. The van der Waals surface area contributed by atoms with Crippen molar-refractivity contribution in [1.82, 2.24) is 19.6 Å². The molecule has 0 fully saturated rings. The highest BCUT2D eigenvalue weighted by molar-refractivity contribution is 5.78. The van der Waals surface area contributed by atoms with E-state index in [4.69, 9.17) is 0 Å². The molecule has 2 aromatic heterocycles. The van der Waals surface area contributed by atoms with Crippen LogP contribution in [-0.4, -0.2) is 25.9 Å². The van der Waals surface area contributed by atoms with Crippen LogP contribution in [0.2, 0.25) is 0 Å². The Kier molecular flexibility index (Phi) is 1.58. The van der Waals surface area contributed by atoms with Crippen molar-refractivity contribution in [2.45, 2.75) is 13.8 Å². The minimum atomic E-state index is 0.528. The number of aromatic nitrogens is 4. The molecule has 66 valence electrons. The molecule has 0 aliphatic heterocycles. The van der Waals surface area contributed by atoms with E-state index in [0.29, 0.717) is 17.0 Å². The molecule has 0 saturated carbocycles. The molecule has 0 N–H and O–H groups in total. The lowest BCUT2D eigenvalue weighted by atomic mass is 10.2. The van der Waals surface area contributed by atoms with Crippen molar-refractivity contribution in [2.75, 3.05) is 0 Å². The standard InChI is InChI=1S/C8H8N4O/c1-5-7(3-13)6(2)12-8(11-5)9-4-10-12/h3-4H,1-2H3. The molecule has 2 rings (SSSR count). The number of nitrogens with zero attached hydrogens (tertiary/aromatic N) is 4. The van der Waals surface area contributed by atoms with E-state index in [1.807, 2.05) is 6.92 Å². The van der Waals surface area contributed by atoms with Crippen molar-refractivity contribution in [3.8, 4) is 0 Å². The van der Waals surface area contributed by atoms with Gasteiger partial charge in [-0.05, 0) is 13.8 Å². The van der Waals surface area contributed by atoms with Gasteiger partial charge in [0.15, 0.2) is 6.29 Å². The Morgan fingerprint density at radius 1 is 1.46 bits per heavy atom. The van der Waals surface area contributed by atoms with Crippen LogP contribution in [0.25, 0.3) is 5.78 Å². The van der Waals surface area contributed by atoms with Crippen molar-refractivity contribution < 1.29 is 4.79 Å². The minimum absolute atomic E-state index is 0.528. The molecule has 0 spiro atoms. The Hall–Kier alpha value is -1.78. The van der Waals surface area contributed by atoms with Crippen LogP contribution in [0.4, 0.5) is 0 Å². The summed E-state index contributed by atoms with van der Waals surface area (Å²) in [5, 5.41) is 3.95. The third-order valence-corrected chi connectivity index (χ3v) is 2.01. The number of aryl methyl sites for hydroxylation is 2. The first-order chi connectivity index (χ1) is 6.24. The maximum atomic E-state index is 10.7. The van der Waals surface area contributed by atoms with Gasteiger partial charge in [0.1, 0.15) is 6.33 Å². The predicted molar refractivity (Wildman–Crippen MR) is 45.6 cm³/mol. The Morgan fingerprint density at radius 3 is 2.92 bits per heavy atom. The van der Waals surface area contributed by atoms with E-state index >= 15 is 0 Å². The average Bonchev–Trinajstić information content (AvgIpc) is 2.53. The highest BCUT2D eigenvalue weighted by atomic mass is 16.1. The van der Waals surface area contributed by atoms with Crippen LogP contribution in [-0.2, 0) is 0 Å². The van der Waals surface area contributed by atoms with Crippen LogP contribution in [0.15, 0.2) is 6.33 Å². The maximum Gasteiger partial charge on any atom is 0.252 e. The molecule has 5 nitrogen and oxygen atoms in total. The van der Waals surface area contributed by atoms with Crippen molar-refractivity contribution in [1.29, 1.82) is 0 Å². The van der Waals surface area contributed by atoms with E-state index in [0.717, 1.165) is 12.0 Å². The zero-order chi connectivity index (χ0) is 9.42. The third-order valence-electron chi connectivity index (χ3n) is 2.01. The van der Waals surface area contributed by atoms with E-state index in [-0.39, 0.29) is 0 Å². The number of carbonyl (C=O) groups is 1. The largest absolute Gasteiger partial charge is 0.298 e. The second kappa shape index (κ2) is 2.62. The van der Waals surface area contributed by atoms with Crippen LogP contribution >= 0.6 is 0 Å². The summed E-state index contributed by atoms with van der Waals surface area (Å²) >= 11 is 0. The van der Waals surface area contributed by atoms with Gasteiger partial charge in [-0.1, -0.05) is 0 Å². The van der Waals surface area contributed by atoms with Crippen LogP contribution in [0.5, 0.6) is 0 Å². The SMILES string of the molecule is Cc1nc2ncnn2c(C)c1C=O. The Balaban J connectivity index is 2.92. The summed E-state index contributed by atoms with van der Waals surface area (Å²) < 4.78 is 1.55. The van der Waals surface area contributed by atoms with Crippen molar-refractivity contribution >= 4 is 12.1 Å². The van der Waals surface area contributed by atoms with Gasteiger partial charge in [-0.25, -0.2) is 9.50 Å². The number of fused-ring (bicyclic) bond motifs is 1. The Bertz CT molecular complexity index is 474. The molecule has 13 heavy (non-hydrogen) atoms. The van der Waals surface area contributed by atoms with Gasteiger partial charge in [0.25, 0.3) is 5.78 Å². The fourth-order valence-electron chi connectivity index (χ4n) is 1.30. The highest BCUT2D eigenvalue weighted by Crippen LogP contribution is 2.09. The van der Waals surface area contributed by atoms with Crippen molar-refractivity contribution in [3.05, 3.63) is 23.3 Å². The second-order valence-electron chi connectivity index (χ2n) is 2.79. The predicted octanol–water partition coefficient (Wildman–Crippen LogP) is 0.554.